The Morgan fingerprint density at radius 1 is 0.875 bits per heavy atom. The van der Waals surface area contributed by atoms with Crippen molar-refractivity contribution in [2.24, 2.45) is 5.92 Å². The fraction of sp³-hybridized carbons (Fsp3) is 0.379. The molecule has 0 aromatic heterocycles. The Morgan fingerprint density at radius 2 is 1.45 bits per heavy atom. The molecule has 0 spiro atoms. The van der Waals surface area contributed by atoms with Gasteiger partial charge in [-0.1, -0.05) is 12.1 Å². The van der Waals surface area contributed by atoms with Crippen LogP contribution in [0.4, 0.5) is 14.5 Å². The van der Waals surface area contributed by atoms with E-state index in [1.165, 1.54) is 36.4 Å². The Balaban J connectivity index is 1.33. The highest BCUT2D eigenvalue weighted by Crippen LogP contribution is 2.31. The molecule has 0 amide bonds. The molecule has 3 aromatic carbocycles. The molecule has 7 nitrogen and oxygen atoms in total. The largest absolute Gasteiger partial charge is 0.399 e. The van der Waals surface area contributed by atoms with E-state index in [1.807, 2.05) is 0 Å². The number of sulfonamides is 1. The summed E-state index contributed by atoms with van der Waals surface area (Å²) in [5, 5.41) is 0. The summed E-state index contributed by atoms with van der Waals surface area (Å²) < 4.78 is 79.6. The molecule has 0 bridgehead atoms. The van der Waals surface area contributed by atoms with Gasteiger partial charge in [-0.2, -0.15) is 0 Å². The van der Waals surface area contributed by atoms with Crippen molar-refractivity contribution in [3.63, 3.8) is 0 Å². The Hall–Kier alpha value is -2.86. The molecule has 0 aliphatic carbocycles. The van der Waals surface area contributed by atoms with Crippen LogP contribution in [0.1, 0.15) is 42.7 Å². The van der Waals surface area contributed by atoms with E-state index in [0.29, 0.717) is 36.7 Å². The summed E-state index contributed by atoms with van der Waals surface area (Å²) >= 11 is 0. The second-order valence-corrected chi connectivity index (χ2v) is 14.2. The number of piperidine rings is 1. The van der Waals surface area contributed by atoms with Crippen LogP contribution in [-0.4, -0.2) is 54.2 Å². The van der Waals surface area contributed by atoms with Crippen LogP contribution in [-0.2, 0) is 19.9 Å². The molecule has 0 radical (unpaired) electrons. The predicted molar refractivity (Wildman–Crippen MR) is 152 cm³/mol. The number of hydrogen-bond donors (Lipinski definition) is 2. The van der Waals surface area contributed by atoms with Gasteiger partial charge < -0.3 is 10.6 Å². The maximum atomic E-state index is 14.1. The Kier molecular flexibility index (Phi) is 9.60. The summed E-state index contributed by atoms with van der Waals surface area (Å²) in [4.78, 5) is 2.69. The minimum absolute atomic E-state index is 0.190. The van der Waals surface area contributed by atoms with Gasteiger partial charge in [0.15, 0.2) is 9.84 Å². The first-order chi connectivity index (χ1) is 18.9. The Bertz CT molecular complexity index is 1490. The molecule has 1 aliphatic heterocycles. The number of halogens is 2. The van der Waals surface area contributed by atoms with Gasteiger partial charge in [0.25, 0.3) is 0 Å². The standard InChI is InChI=1S/C29H35F2N3O4S2/c1-39(35,36)27-6-2-22(3-7-27)29(23-18-24(30)20-25(31)19-23)13-17-34-15-11-21(12-16-34)10-14-33-40(37,38)28-8-4-26(32)5-9-28/h2-9,18-21,29,33H,10-17,32H2,1H3. The second kappa shape index (κ2) is 12.8. The van der Waals surface area contributed by atoms with E-state index in [-0.39, 0.29) is 15.7 Å². The van der Waals surface area contributed by atoms with E-state index in [0.717, 1.165) is 50.2 Å². The van der Waals surface area contributed by atoms with Gasteiger partial charge in [0.05, 0.1) is 9.79 Å². The summed E-state index contributed by atoms with van der Waals surface area (Å²) in [5.74, 6) is -1.22. The van der Waals surface area contributed by atoms with E-state index >= 15 is 0 Å². The molecule has 0 saturated carbocycles. The van der Waals surface area contributed by atoms with Crippen LogP contribution >= 0.6 is 0 Å². The molecule has 4 rings (SSSR count). The van der Waals surface area contributed by atoms with Crippen LogP contribution in [0.3, 0.4) is 0 Å². The van der Waals surface area contributed by atoms with E-state index in [4.69, 9.17) is 5.73 Å². The molecule has 1 aliphatic rings. The van der Waals surface area contributed by atoms with E-state index in [9.17, 15) is 25.6 Å². The van der Waals surface area contributed by atoms with Crippen molar-refractivity contribution in [1.29, 1.82) is 0 Å². The van der Waals surface area contributed by atoms with Crippen LogP contribution in [0.2, 0.25) is 0 Å². The van der Waals surface area contributed by atoms with Crippen molar-refractivity contribution in [1.82, 2.24) is 9.62 Å². The molecule has 3 N–H and O–H groups in total. The van der Waals surface area contributed by atoms with Gasteiger partial charge in [-0.3, -0.25) is 0 Å². The molecule has 11 heteroatoms. The molecule has 1 atom stereocenters. The maximum absolute atomic E-state index is 14.1. The van der Waals surface area contributed by atoms with Gasteiger partial charge in [-0.25, -0.2) is 30.3 Å². The average Bonchev–Trinajstić information content (AvgIpc) is 2.89. The average molecular weight is 592 g/mol. The van der Waals surface area contributed by atoms with Gasteiger partial charge in [-0.05, 0) is 111 Å². The van der Waals surface area contributed by atoms with Crippen LogP contribution < -0.4 is 10.5 Å². The zero-order chi connectivity index (χ0) is 28.9. The topological polar surface area (TPSA) is 110 Å². The number of likely N-dealkylation sites (tertiary alicyclic amines) is 1. The highest BCUT2D eigenvalue weighted by Gasteiger charge is 2.23. The van der Waals surface area contributed by atoms with E-state index in [2.05, 4.69) is 9.62 Å². The van der Waals surface area contributed by atoms with Crippen molar-refractivity contribution >= 4 is 25.5 Å². The van der Waals surface area contributed by atoms with Gasteiger partial charge in [0, 0.05) is 30.5 Å². The molecule has 40 heavy (non-hydrogen) atoms. The molecule has 1 unspecified atom stereocenters. The maximum Gasteiger partial charge on any atom is 0.240 e. The summed E-state index contributed by atoms with van der Waals surface area (Å²) in [6.45, 7) is 2.74. The number of anilines is 1. The number of sulfone groups is 1. The summed E-state index contributed by atoms with van der Waals surface area (Å²) in [6, 6.07) is 16.1. The third-order valence-electron chi connectivity index (χ3n) is 7.47. The zero-order valence-corrected chi connectivity index (χ0v) is 24.0. The number of nitrogens with zero attached hydrogens (tertiary/aromatic N) is 1. The minimum Gasteiger partial charge on any atom is -0.399 e. The normalized spacial score (nSPS) is 16.2. The molecular weight excluding hydrogens is 556 g/mol. The summed E-state index contributed by atoms with van der Waals surface area (Å²) in [6.07, 6.45) is 4.32. The number of hydrogen-bond acceptors (Lipinski definition) is 6. The van der Waals surface area contributed by atoms with Crippen LogP contribution in [0.25, 0.3) is 0 Å². The lowest BCUT2D eigenvalue weighted by Gasteiger charge is -2.33. The fourth-order valence-electron chi connectivity index (χ4n) is 5.19. The first-order valence-corrected chi connectivity index (χ1v) is 16.6. The first-order valence-electron chi connectivity index (χ1n) is 13.2. The summed E-state index contributed by atoms with van der Waals surface area (Å²) in [5.41, 5.74) is 7.44. The van der Waals surface area contributed by atoms with E-state index in [1.54, 1.807) is 24.3 Å². The molecule has 1 saturated heterocycles. The predicted octanol–water partition coefficient (Wildman–Crippen LogP) is 4.55. The molecule has 216 valence electrons. The number of rotatable bonds is 11. The second-order valence-electron chi connectivity index (χ2n) is 10.4. The van der Waals surface area contributed by atoms with Crippen molar-refractivity contribution in [2.45, 2.75) is 41.4 Å². The van der Waals surface area contributed by atoms with Crippen molar-refractivity contribution in [2.75, 3.05) is 38.2 Å². The molecule has 3 aromatic rings. The molecule has 1 heterocycles. The van der Waals surface area contributed by atoms with Crippen LogP contribution in [0, 0.1) is 17.6 Å². The summed E-state index contributed by atoms with van der Waals surface area (Å²) in [7, 11) is -6.94. The van der Waals surface area contributed by atoms with Crippen molar-refractivity contribution < 1.29 is 25.6 Å². The number of nitrogen functional groups attached to an aromatic ring is 1. The van der Waals surface area contributed by atoms with Crippen molar-refractivity contribution in [3.05, 3.63) is 89.5 Å². The third kappa shape index (κ3) is 8.09. The smallest absolute Gasteiger partial charge is 0.240 e. The first kappa shape index (κ1) is 30.1. The highest BCUT2D eigenvalue weighted by molar-refractivity contribution is 7.90. The molecule has 1 fully saturated rings. The third-order valence-corrected chi connectivity index (χ3v) is 10.1. The Labute approximate surface area is 235 Å². The highest BCUT2D eigenvalue weighted by atomic mass is 32.2. The van der Waals surface area contributed by atoms with E-state index < -0.39 is 31.5 Å². The SMILES string of the molecule is CS(=O)(=O)c1ccc(C(CCN2CCC(CCNS(=O)(=O)c3ccc(N)cc3)CC2)c2cc(F)cc(F)c2)cc1. The quantitative estimate of drug-likeness (QED) is 0.317. The van der Waals surface area contributed by atoms with Crippen LogP contribution in [0.15, 0.2) is 76.5 Å². The fourth-order valence-corrected chi connectivity index (χ4v) is 6.87. The minimum atomic E-state index is -3.58. The van der Waals surface area contributed by atoms with Gasteiger partial charge in [-0.15, -0.1) is 0 Å². The Morgan fingerprint density at radius 3 is 2.02 bits per heavy atom. The zero-order valence-electron chi connectivity index (χ0n) is 22.4. The lowest BCUT2D eigenvalue weighted by molar-refractivity contribution is 0.176. The number of benzene rings is 3. The van der Waals surface area contributed by atoms with Gasteiger partial charge >= 0.3 is 0 Å². The lowest BCUT2D eigenvalue weighted by Crippen LogP contribution is -2.36. The van der Waals surface area contributed by atoms with Gasteiger partial charge in [0.1, 0.15) is 11.6 Å². The van der Waals surface area contributed by atoms with Crippen LogP contribution in [0.5, 0.6) is 0 Å². The molecular formula is C29H35F2N3O4S2. The monoisotopic (exact) mass is 591 g/mol. The number of nitrogens with two attached hydrogens (primary N) is 1. The van der Waals surface area contributed by atoms with Crippen molar-refractivity contribution in [3.8, 4) is 0 Å². The number of nitrogens with one attached hydrogen (secondary N) is 1. The van der Waals surface area contributed by atoms with Gasteiger partial charge in [0.2, 0.25) is 10.0 Å². The lowest BCUT2D eigenvalue weighted by atomic mass is 9.87.